The molecule has 1 saturated carbocycles. The van der Waals surface area contributed by atoms with Gasteiger partial charge in [0.25, 0.3) is 0 Å². The van der Waals surface area contributed by atoms with Crippen LogP contribution in [-0.2, 0) is 10.6 Å². The van der Waals surface area contributed by atoms with E-state index in [1.165, 1.54) is 34.8 Å². The first kappa shape index (κ1) is 24.7. The van der Waals surface area contributed by atoms with Crippen molar-refractivity contribution in [3.63, 3.8) is 0 Å². The number of aryl methyl sites for hydroxylation is 1. The number of rotatable bonds is 9. The average Bonchev–Trinajstić information content (AvgIpc) is 3.28. The van der Waals surface area contributed by atoms with Crippen LogP contribution < -0.4 is 5.30 Å². The lowest BCUT2D eigenvalue weighted by atomic mass is 9.83. The minimum atomic E-state index is -0.0572. The van der Waals surface area contributed by atoms with Gasteiger partial charge in [-0.15, -0.1) is 0 Å². The Balaban J connectivity index is 2.12. The molecule has 0 heterocycles. The smallest absolute Gasteiger partial charge is 0.123 e. The van der Waals surface area contributed by atoms with E-state index in [9.17, 15) is 5.11 Å². The molecule has 0 radical (unpaired) electrons. The van der Waals surface area contributed by atoms with Crippen molar-refractivity contribution in [1.82, 2.24) is 0 Å². The van der Waals surface area contributed by atoms with Crippen LogP contribution in [0.3, 0.4) is 0 Å². The van der Waals surface area contributed by atoms with E-state index in [2.05, 4.69) is 84.9 Å². The number of phenols is 1. The largest absolute Gasteiger partial charge is 0.507 e. The monoisotopic (exact) mass is 456 g/mol. The van der Waals surface area contributed by atoms with E-state index in [0.29, 0.717) is 26.2 Å². The summed E-state index contributed by atoms with van der Waals surface area (Å²) in [7, 11) is 0.607. The lowest BCUT2D eigenvalue weighted by Crippen LogP contribution is -2.24. The molecule has 2 aromatic rings. The van der Waals surface area contributed by atoms with E-state index in [1.54, 1.807) is 0 Å². The van der Waals surface area contributed by atoms with Gasteiger partial charge < -0.3 is 5.11 Å². The molecule has 2 aromatic carbocycles. The third-order valence-corrected chi connectivity index (χ3v) is 10.6. The number of hydrogen-bond donors (Lipinski definition) is 2. The minimum Gasteiger partial charge on any atom is -0.507 e. The van der Waals surface area contributed by atoms with Crippen LogP contribution in [0, 0.1) is 18.8 Å². The molecular formula is C28H41OPS. The molecule has 0 amide bonds. The Kier molecular flexibility index (Phi) is 7.54. The molecule has 1 fully saturated rings. The Bertz CT molecular complexity index is 917. The number of aromatic hydroxyl groups is 1. The van der Waals surface area contributed by atoms with Crippen LogP contribution in [0.25, 0.3) is 0 Å². The van der Waals surface area contributed by atoms with Gasteiger partial charge in [0.2, 0.25) is 0 Å². The van der Waals surface area contributed by atoms with Gasteiger partial charge >= 0.3 is 0 Å². The second kappa shape index (κ2) is 9.48. The highest BCUT2D eigenvalue weighted by Crippen LogP contribution is 2.64. The molecule has 170 valence electrons. The van der Waals surface area contributed by atoms with Gasteiger partial charge in [-0.05, 0) is 55.8 Å². The topological polar surface area (TPSA) is 20.2 Å². The van der Waals surface area contributed by atoms with Crippen LogP contribution >= 0.6 is 21.2 Å². The number of benzene rings is 2. The number of thiol groups is 1. The molecule has 0 aromatic heterocycles. The fourth-order valence-corrected chi connectivity index (χ4v) is 7.97. The van der Waals surface area contributed by atoms with E-state index in [1.807, 2.05) is 0 Å². The first-order valence-electron chi connectivity index (χ1n) is 12.1. The zero-order chi connectivity index (χ0) is 23.0. The third kappa shape index (κ3) is 4.32. The molecule has 1 aliphatic rings. The normalized spacial score (nSPS) is 24.6. The van der Waals surface area contributed by atoms with Crippen molar-refractivity contribution in [2.75, 3.05) is 0 Å². The standard InChI is InChI=1S/C28H41OPS/c1-8-13-22-19(5)27(22,7)23-16-18(4)17-24(26(23)29)28(9-2,10-3)30-25-15-12-11-14-21(25)20(6)31/h11-12,14-17,19-20,22,29-31H,8-10,13H2,1-7H3. The second-order valence-corrected chi connectivity index (χ2v) is 12.4. The van der Waals surface area contributed by atoms with Crippen molar-refractivity contribution >= 4 is 26.5 Å². The first-order chi connectivity index (χ1) is 14.7. The van der Waals surface area contributed by atoms with Crippen LogP contribution in [0.1, 0.15) is 94.7 Å². The molecule has 3 heteroatoms. The molecule has 0 bridgehead atoms. The van der Waals surface area contributed by atoms with Crippen molar-refractivity contribution in [3.05, 3.63) is 58.7 Å². The Morgan fingerprint density at radius 2 is 1.81 bits per heavy atom. The highest BCUT2D eigenvalue weighted by atomic mass is 32.1. The summed E-state index contributed by atoms with van der Waals surface area (Å²) in [6, 6.07) is 13.2. The summed E-state index contributed by atoms with van der Waals surface area (Å²) in [6.07, 6.45) is 4.47. The maximum Gasteiger partial charge on any atom is 0.123 e. The SMILES string of the molecule is CCCC1C(C)C1(C)c1cc(C)cc(C(CC)(CC)Pc2ccccc2C(C)S)c1O. The Morgan fingerprint density at radius 3 is 2.39 bits per heavy atom. The van der Waals surface area contributed by atoms with Gasteiger partial charge in [0, 0.05) is 26.9 Å². The fraction of sp³-hybridized carbons (Fsp3) is 0.571. The fourth-order valence-electron chi connectivity index (χ4n) is 5.80. The molecular weight excluding hydrogens is 415 g/mol. The minimum absolute atomic E-state index is 0.0572. The quantitative estimate of drug-likeness (QED) is 0.289. The molecule has 31 heavy (non-hydrogen) atoms. The third-order valence-electron chi connectivity index (χ3n) is 8.15. The average molecular weight is 457 g/mol. The molecule has 1 aliphatic carbocycles. The number of hydrogen-bond acceptors (Lipinski definition) is 2. The van der Waals surface area contributed by atoms with E-state index >= 15 is 0 Å². The predicted octanol–water partition coefficient (Wildman–Crippen LogP) is 8.03. The predicted molar refractivity (Wildman–Crippen MR) is 142 cm³/mol. The summed E-state index contributed by atoms with van der Waals surface area (Å²) < 4.78 is 0. The van der Waals surface area contributed by atoms with Crippen LogP contribution in [0.15, 0.2) is 36.4 Å². The number of phenolic OH excluding ortho intramolecular Hbond substituents is 1. The van der Waals surface area contributed by atoms with Gasteiger partial charge in [-0.3, -0.25) is 0 Å². The van der Waals surface area contributed by atoms with Crippen LogP contribution in [0.2, 0.25) is 0 Å². The van der Waals surface area contributed by atoms with Crippen LogP contribution in [0.5, 0.6) is 5.75 Å². The Labute approximate surface area is 197 Å². The van der Waals surface area contributed by atoms with Crippen LogP contribution in [0.4, 0.5) is 0 Å². The van der Waals surface area contributed by atoms with Crippen LogP contribution in [-0.4, -0.2) is 5.11 Å². The van der Waals surface area contributed by atoms with E-state index < -0.39 is 0 Å². The van der Waals surface area contributed by atoms with E-state index in [-0.39, 0.29) is 15.8 Å². The van der Waals surface area contributed by atoms with Crippen molar-refractivity contribution < 1.29 is 5.11 Å². The molecule has 5 atom stereocenters. The lowest BCUT2D eigenvalue weighted by molar-refractivity contribution is 0.430. The van der Waals surface area contributed by atoms with Crippen molar-refractivity contribution in [2.45, 2.75) is 90.0 Å². The van der Waals surface area contributed by atoms with Gasteiger partial charge in [0.1, 0.15) is 5.75 Å². The highest BCUT2D eigenvalue weighted by molar-refractivity contribution is 7.80. The summed E-state index contributed by atoms with van der Waals surface area (Å²) in [5.74, 6) is 1.86. The van der Waals surface area contributed by atoms with Crippen molar-refractivity contribution in [1.29, 1.82) is 0 Å². The highest BCUT2D eigenvalue weighted by Gasteiger charge is 2.59. The van der Waals surface area contributed by atoms with Gasteiger partial charge in [-0.1, -0.05) is 91.6 Å². The van der Waals surface area contributed by atoms with Gasteiger partial charge in [0.05, 0.1) is 0 Å². The molecule has 3 rings (SSSR count). The van der Waals surface area contributed by atoms with E-state index in [4.69, 9.17) is 12.6 Å². The molecule has 5 unspecified atom stereocenters. The van der Waals surface area contributed by atoms with Crippen molar-refractivity contribution in [2.24, 2.45) is 11.8 Å². The molecule has 0 saturated heterocycles. The molecule has 0 spiro atoms. The summed E-state index contributed by atoms with van der Waals surface area (Å²) in [6.45, 7) is 15.9. The first-order valence-corrected chi connectivity index (χ1v) is 13.6. The maximum absolute atomic E-state index is 11.7. The lowest BCUT2D eigenvalue weighted by Gasteiger charge is -2.35. The van der Waals surface area contributed by atoms with Gasteiger partial charge in [-0.2, -0.15) is 12.6 Å². The van der Waals surface area contributed by atoms with E-state index in [0.717, 1.165) is 18.4 Å². The summed E-state index contributed by atoms with van der Waals surface area (Å²) in [5, 5.41) is 13.3. The molecule has 1 nitrogen and oxygen atoms in total. The molecule has 1 N–H and O–H groups in total. The van der Waals surface area contributed by atoms with Crippen molar-refractivity contribution in [3.8, 4) is 5.75 Å². The zero-order valence-corrected chi connectivity index (χ0v) is 22.3. The summed E-state index contributed by atoms with van der Waals surface area (Å²) in [5.41, 5.74) is 5.01. The summed E-state index contributed by atoms with van der Waals surface area (Å²) >= 11 is 4.75. The zero-order valence-electron chi connectivity index (χ0n) is 20.4. The second-order valence-electron chi connectivity index (χ2n) is 9.85. The van der Waals surface area contributed by atoms with Gasteiger partial charge in [0.15, 0.2) is 0 Å². The maximum atomic E-state index is 11.7. The Hall–Kier alpha value is -0.980. The molecule has 0 aliphatic heterocycles. The summed E-state index contributed by atoms with van der Waals surface area (Å²) in [4.78, 5) is 0. The Morgan fingerprint density at radius 1 is 1.16 bits per heavy atom. The van der Waals surface area contributed by atoms with Gasteiger partial charge in [-0.25, -0.2) is 0 Å².